The number of fused-ring (bicyclic) bond motifs is 3. The molecule has 1 aromatic carbocycles. The van der Waals surface area contributed by atoms with Crippen molar-refractivity contribution < 1.29 is 9.63 Å². The van der Waals surface area contributed by atoms with E-state index in [2.05, 4.69) is 46.5 Å². The van der Waals surface area contributed by atoms with Gasteiger partial charge in [0, 0.05) is 23.0 Å². The molecular formula is C27H40N4O2S. The number of nitrogens with two attached hydrogens (primary N) is 1. The van der Waals surface area contributed by atoms with Crippen LogP contribution in [0.5, 0.6) is 0 Å². The molecule has 34 heavy (non-hydrogen) atoms. The van der Waals surface area contributed by atoms with Gasteiger partial charge in [0.05, 0.1) is 5.52 Å². The van der Waals surface area contributed by atoms with E-state index in [9.17, 15) is 4.79 Å². The fraction of sp³-hybridized carbons (Fsp3) is 0.593. The van der Waals surface area contributed by atoms with Crippen LogP contribution in [0.15, 0.2) is 24.3 Å². The lowest BCUT2D eigenvalue weighted by atomic mass is 9.77. The molecule has 2 N–H and O–H groups in total. The van der Waals surface area contributed by atoms with Gasteiger partial charge in [0.25, 0.3) is 0 Å². The number of pyridine rings is 1. The van der Waals surface area contributed by atoms with Crippen LogP contribution in [-0.2, 0) is 11.2 Å². The Hall–Kier alpha value is -2.28. The van der Waals surface area contributed by atoms with E-state index in [-0.39, 0.29) is 15.9 Å². The first-order chi connectivity index (χ1) is 16.0. The van der Waals surface area contributed by atoms with Crippen LogP contribution in [0.4, 0.5) is 5.82 Å². The van der Waals surface area contributed by atoms with Gasteiger partial charge in [-0.2, -0.15) is 4.73 Å². The Balaban J connectivity index is 1.65. The largest absolute Gasteiger partial charge is 0.412 e. The predicted octanol–water partition coefficient (Wildman–Crippen LogP) is 6.44. The number of hydrogen-bond donors (Lipinski definition) is 1. The highest BCUT2D eigenvalue weighted by atomic mass is 32.2. The van der Waals surface area contributed by atoms with Crippen molar-refractivity contribution in [3.05, 3.63) is 30.1 Å². The lowest BCUT2D eigenvalue weighted by Gasteiger charge is -2.30. The number of thioether (sulfide) groups is 1. The number of carbonyl (C=O) groups excluding carboxylic acids is 1. The smallest absolute Gasteiger partial charge is 0.194 e. The van der Waals surface area contributed by atoms with Crippen molar-refractivity contribution in [2.45, 2.75) is 80.1 Å². The number of aryl methyl sites for hydroxylation is 1. The maximum atomic E-state index is 12.7. The van der Waals surface area contributed by atoms with Gasteiger partial charge in [-0.1, -0.05) is 77.9 Å². The zero-order valence-electron chi connectivity index (χ0n) is 21.6. The minimum atomic E-state index is -0.307. The SMILES string of the molecule is CCCCc1nc2c(N)nc3ccccc3c2n1OCCCCSC(=O)C(C)(C)CC(C)(C)C. The van der Waals surface area contributed by atoms with Crippen LogP contribution in [0.2, 0.25) is 0 Å². The third kappa shape index (κ3) is 6.44. The van der Waals surface area contributed by atoms with Crippen LogP contribution < -0.4 is 10.6 Å². The molecule has 6 nitrogen and oxygen atoms in total. The van der Waals surface area contributed by atoms with Crippen molar-refractivity contribution in [1.82, 2.24) is 14.7 Å². The van der Waals surface area contributed by atoms with Crippen molar-refractivity contribution in [1.29, 1.82) is 0 Å². The summed E-state index contributed by atoms with van der Waals surface area (Å²) in [5, 5.41) is 1.27. The van der Waals surface area contributed by atoms with Gasteiger partial charge >= 0.3 is 0 Å². The van der Waals surface area contributed by atoms with Crippen LogP contribution in [0.1, 0.15) is 79.5 Å². The van der Waals surface area contributed by atoms with Crippen LogP contribution in [0.3, 0.4) is 0 Å². The number of anilines is 1. The van der Waals surface area contributed by atoms with E-state index < -0.39 is 0 Å². The number of nitrogen functional groups attached to an aromatic ring is 1. The molecule has 0 saturated heterocycles. The van der Waals surface area contributed by atoms with Crippen LogP contribution in [-0.4, -0.2) is 32.2 Å². The lowest BCUT2D eigenvalue weighted by Crippen LogP contribution is -2.27. The van der Waals surface area contributed by atoms with E-state index in [1.165, 1.54) is 11.8 Å². The Morgan fingerprint density at radius 2 is 1.82 bits per heavy atom. The molecule has 3 rings (SSSR count). The van der Waals surface area contributed by atoms with E-state index in [1.807, 2.05) is 29.0 Å². The topological polar surface area (TPSA) is 83.0 Å². The number of aromatic nitrogens is 3. The van der Waals surface area contributed by atoms with E-state index in [0.717, 1.165) is 66.5 Å². The van der Waals surface area contributed by atoms with Crippen LogP contribution in [0, 0.1) is 10.8 Å². The van der Waals surface area contributed by atoms with Crippen molar-refractivity contribution in [2.75, 3.05) is 18.1 Å². The molecule has 0 spiro atoms. The van der Waals surface area contributed by atoms with E-state index >= 15 is 0 Å². The van der Waals surface area contributed by atoms with E-state index in [4.69, 9.17) is 15.6 Å². The van der Waals surface area contributed by atoms with Crippen molar-refractivity contribution in [2.24, 2.45) is 10.8 Å². The number of unbranched alkanes of at least 4 members (excludes halogenated alkanes) is 2. The molecular weight excluding hydrogens is 444 g/mol. The number of para-hydroxylation sites is 1. The molecule has 186 valence electrons. The lowest BCUT2D eigenvalue weighted by molar-refractivity contribution is -0.119. The van der Waals surface area contributed by atoms with Gasteiger partial charge in [-0.3, -0.25) is 4.79 Å². The van der Waals surface area contributed by atoms with E-state index in [0.29, 0.717) is 17.9 Å². The van der Waals surface area contributed by atoms with Gasteiger partial charge in [0.15, 0.2) is 10.9 Å². The fourth-order valence-electron chi connectivity index (χ4n) is 4.57. The normalized spacial score (nSPS) is 12.5. The Labute approximate surface area is 208 Å². The second kappa shape index (κ2) is 11.0. The summed E-state index contributed by atoms with van der Waals surface area (Å²) in [6, 6.07) is 7.96. The summed E-state index contributed by atoms with van der Waals surface area (Å²) in [5.74, 6) is 2.12. The molecule has 0 unspecified atom stereocenters. The van der Waals surface area contributed by atoms with Gasteiger partial charge in [-0.05, 0) is 37.2 Å². The van der Waals surface area contributed by atoms with Gasteiger partial charge in [0.2, 0.25) is 0 Å². The maximum Gasteiger partial charge on any atom is 0.194 e. The number of carbonyl (C=O) groups is 1. The average Bonchev–Trinajstić information content (AvgIpc) is 3.12. The monoisotopic (exact) mass is 484 g/mol. The summed E-state index contributed by atoms with van der Waals surface area (Å²) in [4.78, 5) is 28.3. The molecule has 7 heteroatoms. The summed E-state index contributed by atoms with van der Waals surface area (Å²) in [7, 11) is 0. The number of benzene rings is 1. The molecule has 0 fully saturated rings. The fourth-order valence-corrected chi connectivity index (χ4v) is 5.57. The molecule has 0 aliphatic carbocycles. The predicted molar refractivity (Wildman–Crippen MR) is 144 cm³/mol. The first-order valence-electron chi connectivity index (χ1n) is 12.4. The summed E-state index contributed by atoms with van der Waals surface area (Å²) in [6.45, 7) is 13.4. The van der Waals surface area contributed by atoms with Crippen LogP contribution >= 0.6 is 11.8 Å². The molecule has 0 bridgehead atoms. The van der Waals surface area contributed by atoms with E-state index in [1.54, 1.807) is 0 Å². The van der Waals surface area contributed by atoms with Gasteiger partial charge in [0.1, 0.15) is 23.5 Å². The Kier molecular flexibility index (Phi) is 8.50. The Bertz CT molecular complexity index is 1130. The molecule has 0 aliphatic rings. The van der Waals surface area contributed by atoms with Crippen molar-refractivity contribution >= 4 is 44.6 Å². The molecule has 3 aromatic rings. The van der Waals surface area contributed by atoms with Gasteiger partial charge < -0.3 is 10.6 Å². The second-order valence-electron chi connectivity index (χ2n) is 10.9. The molecule has 0 aliphatic heterocycles. The molecule has 2 aromatic heterocycles. The molecule has 2 heterocycles. The van der Waals surface area contributed by atoms with Gasteiger partial charge in [-0.25, -0.2) is 9.97 Å². The standard InChI is InChI=1S/C27H40N4O2S/c1-7-8-15-21-30-22-23(19-13-9-10-14-20(19)29-24(22)28)31(21)33-16-11-12-17-34-25(32)27(5,6)18-26(2,3)4/h9-10,13-14H,7-8,11-12,15-18H2,1-6H3,(H2,28,29). The molecule has 0 saturated carbocycles. The zero-order chi connectivity index (χ0) is 24.9. The highest BCUT2D eigenvalue weighted by Gasteiger charge is 2.32. The highest BCUT2D eigenvalue weighted by Crippen LogP contribution is 2.37. The summed E-state index contributed by atoms with van der Waals surface area (Å²) < 4.78 is 1.87. The highest BCUT2D eigenvalue weighted by molar-refractivity contribution is 8.13. The number of nitrogens with zero attached hydrogens (tertiary/aromatic N) is 3. The number of rotatable bonds is 11. The molecule has 0 atom stereocenters. The minimum Gasteiger partial charge on any atom is -0.412 e. The Morgan fingerprint density at radius 3 is 2.53 bits per heavy atom. The first kappa shape index (κ1) is 26.3. The number of imidazole rings is 1. The quantitative estimate of drug-likeness (QED) is 0.315. The van der Waals surface area contributed by atoms with Crippen molar-refractivity contribution in [3.63, 3.8) is 0 Å². The second-order valence-corrected chi connectivity index (χ2v) is 12.0. The summed E-state index contributed by atoms with van der Waals surface area (Å²) in [5.41, 5.74) is 8.52. The zero-order valence-corrected chi connectivity index (χ0v) is 22.4. The summed E-state index contributed by atoms with van der Waals surface area (Å²) in [6.07, 6.45) is 5.60. The summed E-state index contributed by atoms with van der Waals surface area (Å²) >= 11 is 1.45. The van der Waals surface area contributed by atoms with Crippen molar-refractivity contribution in [3.8, 4) is 0 Å². The minimum absolute atomic E-state index is 0.139. The first-order valence-corrected chi connectivity index (χ1v) is 13.4. The molecule has 0 radical (unpaired) electrons. The average molecular weight is 485 g/mol. The maximum absolute atomic E-state index is 12.7. The third-order valence-electron chi connectivity index (χ3n) is 5.82. The van der Waals surface area contributed by atoms with Crippen LogP contribution in [0.25, 0.3) is 21.9 Å². The Morgan fingerprint density at radius 1 is 1.09 bits per heavy atom. The third-order valence-corrected chi connectivity index (χ3v) is 7.12. The van der Waals surface area contributed by atoms with Gasteiger partial charge in [-0.15, -0.1) is 0 Å². The number of hydrogen-bond acceptors (Lipinski definition) is 6. The molecule has 0 amide bonds.